The summed E-state index contributed by atoms with van der Waals surface area (Å²) in [6.07, 6.45) is 0. The van der Waals surface area contributed by atoms with Gasteiger partial charge in [-0.25, -0.2) is 0 Å². The molecule has 20 heavy (non-hydrogen) atoms. The second kappa shape index (κ2) is 4.31. The number of rotatable bonds is 1. The number of phenols is 3. The minimum atomic E-state index is -0.654. The van der Waals surface area contributed by atoms with Crippen LogP contribution in [0.4, 0.5) is 0 Å². The van der Waals surface area contributed by atoms with E-state index in [0.29, 0.717) is 11.0 Å². The molecule has 5 heteroatoms. The first kappa shape index (κ1) is 12.1. The second-order valence-corrected chi connectivity index (χ2v) is 4.30. The molecule has 3 N–H and O–H groups in total. The van der Waals surface area contributed by atoms with Crippen LogP contribution in [0.3, 0.4) is 0 Å². The lowest BCUT2D eigenvalue weighted by atomic mass is 10.1. The number of benzene rings is 2. The Labute approximate surface area is 113 Å². The highest BCUT2D eigenvalue weighted by Gasteiger charge is 2.15. The van der Waals surface area contributed by atoms with Gasteiger partial charge >= 0.3 is 0 Å². The predicted molar refractivity (Wildman–Crippen MR) is 72.9 cm³/mol. The van der Waals surface area contributed by atoms with Crippen LogP contribution in [0, 0.1) is 0 Å². The van der Waals surface area contributed by atoms with Gasteiger partial charge in [-0.15, -0.1) is 0 Å². The molecule has 5 nitrogen and oxygen atoms in total. The van der Waals surface area contributed by atoms with Crippen molar-refractivity contribution in [2.45, 2.75) is 0 Å². The van der Waals surface area contributed by atoms with Crippen LogP contribution in [-0.2, 0) is 0 Å². The molecule has 0 aliphatic rings. The Bertz CT molecular complexity index is 864. The van der Waals surface area contributed by atoms with Crippen LogP contribution in [0.25, 0.3) is 22.3 Å². The molecule has 100 valence electrons. The molecule has 1 aromatic heterocycles. The third kappa shape index (κ3) is 1.76. The summed E-state index contributed by atoms with van der Waals surface area (Å²) < 4.78 is 5.55. The molecule has 0 unspecified atom stereocenters. The molecule has 0 saturated heterocycles. The maximum atomic E-state index is 12.0. The number of aromatic hydroxyl groups is 3. The van der Waals surface area contributed by atoms with E-state index in [1.54, 1.807) is 24.3 Å². The summed E-state index contributed by atoms with van der Waals surface area (Å²) in [7, 11) is 0. The van der Waals surface area contributed by atoms with Crippen molar-refractivity contribution < 1.29 is 19.7 Å². The SMILES string of the molecule is O=c1cc(-c2ccc(O)c(O)c2O)oc2ccccc12. The average molecular weight is 270 g/mol. The highest BCUT2D eigenvalue weighted by molar-refractivity contribution is 5.80. The van der Waals surface area contributed by atoms with E-state index in [1.165, 1.54) is 18.2 Å². The Hall–Kier alpha value is -2.95. The van der Waals surface area contributed by atoms with Gasteiger partial charge in [0, 0.05) is 6.07 Å². The Morgan fingerprint density at radius 2 is 1.65 bits per heavy atom. The van der Waals surface area contributed by atoms with Crippen molar-refractivity contribution in [2.75, 3.05) is 0 Å². The van der Waals surface area contributed by atoms with Crippen molar-refractivity contribution in [3.63, 3.8) is 0 Å². The van der Waals surface area contributed by atoms with Crippen LogP contribution in [0.1, 0.15) is 0 Å². The van der Waals surface area contributed by atoms with Gasteiger partial charge in [0.25, 0.3) is 0 Å². The van der Waals surface area contributed by atoms with E-state index >= 15 is 0 Å². The molecule has 0 bridgehead atoms. The Kier molecular flexibility index (Phi) is 2.61. The van der Waals surface area contributed by atoms with Crippen molar-refractivity contribution in [1.29, 1.82) is 0 Å². The smallest absolute Gasteiger partial charge is 0.201 e. The number of hydrogen-bond acceptors (Lipinski definition) is 5. The molecular formula is C15H10O5. The molecule has 0 saturated carbocycles. The monoisotopic (exact) mass is 270 g/mol. The fourth-order valence-corrected chi connectivity index (χ4v) is 2.00. The van der Waals surface area contributed by atoms with E-state index in [9.17, 15) is 20.1 Å². The van der Waals surface area contributed by atoms with E-state index in [4.69, 9.17) is 4.42 Å². The summed E-state index contributed by atoms with van der Waals surface area (Å²) in [5.41, 5.74) is 0.249. The molecule has 1 heterocycles. The molecular weight excluding hydrogens is 260 g/mol. The molecule has 0 aliphatic carbocycles. The lowest BCUT2D eigenvalue weighted by Crippen LogP contribution is -1.99. The Morgan fingerprint density at radius 3 is 2.45 bits per heavy atom. The quantitative estimate of drug-likeness (QED) is 0.591. The molecule has 0 fully saturated rings. The highest BCUT2D eigenvalue weighted by Crippen LogP contribution is 2.42. The fourth-order valence-electron chi connectivity index (χ4n) is 2.00. The van der Waals surface area contributed by atoms with Crippen LogP contribution in [0.2, 0.25) is 0 Å². The highest BCUT2D eigenvalue weighted by atomic mass is 16.3. The number of fused-ring (bicyclic) bond motifs is 1. The number of phenolic OH excluding ortho intramolecular Hbond substituents is 3. The normalized spacial score (nSPS) is 10.8. The lowest BCUT2D eigenvalue weighted by Gasteiger charge is -2.07. The van der Waals surface area contributed by atoms with Gasteiger partial charge in [-0.05, 0) is 24.3 Å². The molecule has 0 amide bonds. The van der Waals surface area contributed by atoms with Crippen molar-refractivity contribution in [3.05, 3.63) is 52.7 Å². The first-order valence-corrected chi connectivity index (χ1v) is 5.85. The van der Waals surface area contributed by atoms with E-state index in [-0.39, 0.29) is 16.8 Å². The van der Waals surface area contributed by atoms with Crippen molar-refractivity contribution in [2.24, 2.45) is 0 Å². The van der Waals surface area contributed by atoms with E-state index < -0.39 is 17.2 Å². The molecule has 0 spiro atoms. The maximum Gasteiger partial charge on any atom is 0.201 e. The first-order chi connectivity index (χ1) is 9.58. The zero-order valence-electron chi connectivity index (χ0n) is 10.2. The summed E-state index contributed by atoms with van der Waals surface area (Å²) in [6.45, 7) is 0. The van der Waals surface area contributed by atoms with Crippen LogP contribution in [0.15, 0.2) is 51.7 Å². The average Bonchev–Trinajstić information content (AvgIpc) is 2.45. The lowest BCUT2D eigenvalue weighted by molar-refractivity contribution is 0.368. The van der Waals surface area contributed by atoms with Gasteiger partial charge in [0.05, 0.1) is 10.9 Å². The maximum absolute atomic E-state index is 12.0. The Morgan fingerprint density at radius 1 is 0.900 bits per heavy atom. The summed E-state index contributed by atoms with van der Waals surface area (Å²) in [5.74, 6) is -1.53. The third-order valence-electron chi connectivity index (χ3n) is 3.03. The van der Waals surface area contributed by atoms with Crippen LogP contribution in [-0.4, -0.2) is 15.3 Å². The largest absolute Gasteiger partial charge is 0.504 e. The zero-order chi connectivity index (χ0) is 14.3. The van der Waals surface area contributed by atoms with E-state index in [0.717, 1.165) is 0 Å². The molecule has 0 aliphatic heterocycles. The number of para-hydroxylation sites is 1. The minimum Gasteiger partial charge on any atom is -0.504 e. The fraction of sp³-hybridized carbons (Fsp3) is 0. The van der Waals surface area contributed by atoms with Crippen LogP contribution >= 0.6 is 0 Å². The second-order valence-electron chi connectivity index (χ2n) is 4.30. The molecule has 3 rings (SSSR count). The van der Waals surface area contributed by atoms with Crippen molar-refractivity contribution in [3.8, 4) is 28.6 Å². The van der Waals surface area contributed by atoms with Gasteiger partial charge in [0.1, 0.15) is 11.3 Å². The standard InChI is InChI=1S/C15H10O5/c16-10-6-5-9(14(18)15(10)19)13-7-11(17)8-3-1-2-4-12(8)20-13/h1-7,16,18-19H. The summed E-state index contributed by atoms with van der Waals surface area (Å²) >= 11 is 0. The minimum absolute atomic E-state index is 0.113. The third-order valence-corrected chi connectivity index (χ3v) is 3.03. The summed E-state index contributed by atoms with van der Waals surface area (Å²) in [5, 5.41) is 29.1. The molecule has 0 atom stereocenters. The topological polar surface area (TPSA) is 90.9 Å². The first-order valence-electron chi connectivity index (χ1n) is 5.85. The van der Waals surface area contributed by atoms with Gasteiger partial charge in [-0.2, -0.15) is 0 Å². The van der Waals surface area contributed by atoms with E-state index in [2.05, 4.69) is 0 Å². The summed E-state index contributed by atoms with van der Waals surface area (Å²) in [6, 6.07) is 10.5. The Balaban J connectivity index is 2.31. The van der Waals surface area contributed by atoms with Crippen molar-refractivity contribution in [1.82, 2.24) is 0 Å². The predicted octanol–water partition coefficient (Wildman–Crippen LogP) is 2.58. The van der Waals surface area contributed by atoms with E-state index in [1.807, 2.05) is 0 Å². The van der Waals surface area contributed by atoms with Gasteiger partial charge in [-0.1, -0.05) is 12.1 Å². The number of hydrogen-bond donors (Lipinski definition) is 3. The van der Waals surface area contributed by atoms with Crippen LogP contribution in [0.5, 0.6) is 17.2 Å². The van der Waals surface area contributed by atoms with Crippen molar-refractivity contribution >= 4 is 11.0 Å². The van der Waals surface area contributed by atoms with Gasteiger partial charge < -0.3 is 19.7 Å². The molecule has 3 aromatic rings. The van der Waals surface area contributed by atoms with Gasteiger partial charge in [-0.3, -0.25) is 4.79 Å². The van der Waals surface area contributed by atoms with Gasteiger partial charge in [0.15, 0.2) is 16.9 Å². The molecule has 2 aromatic carbocycles. The van der Waals surface area contributed by atoms with Gasteiger partial charge in [0.2, 0.25) is 5.75 Å². The zero-order valence-corrected chi connectivity index (χ0v) is 10.2. The summed E-state index contributed by atoms with van der Waals surface area (Å²) in [4.78, 5) is 12.0. The van der Waals surface area contributed by atoms with Crippen LogP contribution < -0.4 is 5.43 Å². The molecule has 0 radical (unpaired) electrons.